The third kappa shape index (κ3) is 3.66. The van der Waals surface area contributed by atoms with Gasteiger partial charge in [-0.2, -0.15) is 18.2 Å². The fourth-order valence-corrected chi connectivity index (χ4v) is 8.58. The molecule has 2 aliphatic carbocycles. The molecular weight excluding hydrogens is 608 g/mol. The van der Waals surface area contributed by atoms with Crippen molar-refractivity contribution in [3.05, 3.63) is 93.6 Å². The summed E-state index contributed by atoms with van der Waals surface area (Å²) in [6.07, 6.45) is -6.44. The van der Waals surface area contributed by atoms with Crippen molar-refractivity contribution in [1.82, 2.24) is 14.9 Å². The average Bonchev–Trinajstić information content (AvgIpc) is 3.34. The smallest absolute Gasteiger partial charge is 0.392 e. The largest absolute Gasteiger partial charge is 0.507 e. The molecule has 0 radical (unpaired) electrons. The number of carbonyl (C=O) groups excluding carboxylic acids is 1. The topological polar surface area (TPSA) is 67.2 Å². The highest BCUT2D eigenvalue weighted by Gasteiger charge is 2.56. The highest BCUT2D eigenvalue weighted by atomic mass is 32.1. The van der Waals surface area contributed by atoms with Crippen molar-refractivity contribution in [3.8, 4) is 21.6 Å². The summed E-state index contributed by atoms with van der Waals surface area (Å²) in [7, 11) is 0. The minimum absolute atomic E-state index is 0.0175. The first-order valence-corrected chi connectivity index (χ1v) is 14.9. The zero-order valence-electron chi connectivity index (χ0n) is 22.7. The quantitative estimate of drug-likeness (QED) is 0.297. The molecule has 8 rings (SSSR count). The van der Waals surface area contributed by atoms with Crippen LogP contribution in [0, 0.1) is 11.7 Å². The van der Waals surface area contributed by atoms with Gasteiger partial charge in [-0.3, -0.25) is 9.80 Å². The molecule has 13 heteroatoms. The van der Waals surface area contributed by atoms with E-state index in [4.69, 9.17) is 0 Å². The number of fused-ring (bicyclic) bond motifs is 4. The van der Waals surface area contributed by atoms with Gasteiger partial charge < -0.3 is 15.1 Å². The molecule has 0 bridgehead atoms. The van der Waals surface area contributed by atoms with Gasteiger partial charge in [-0.25, -0.2) is 13.2 Å². The van der Waals surface area contributed by atoms with Gasteiger partial charge in [0.25, 0.3) is 11.8 Å². The molecule has 2 aromatic carbocycles. The molecule has 1 amide bonds. The molecule has 44 heavy (non-hydrogen) atoms. The van der Waals surface area contributed by atoms with Gasteiger partial charge in [-0.1, -0.05) is 30.3 Å². The summed E-state index contributed by atoms with van der Waals surface area (Å²) in [5.74, 6) is -7.86. The van der Waals surface area contributed by atoms with Crippen molar-refractivity contribution in [1.29, 1.82) is 0 Å². The molecule has 4 unspecified atom stereocenters. The second-order valence-corrected chi connectivity index (χ2v) is 12.6. The summed E-state index contributed by atoms with van der Waals surface area (Å²) >= 11 is 1.24. The normalized spacial score (nSPS) is 27.0. The Morgan fingerprint density at radius 2 is 1.82 bits per heavy atom. The number of hydrogen-bond donors (Lipinski definition) is 2. The van der Waals surface area contributed by atoms with E-state index in [0.717, 1.165) is 6.07 Å². The number of carbonyl (C=O) groups is 1. The predicted octanol–water partition coefficient (Wildman–Crippen LogP) is 6.59. The van der Waals surface area contributed by atoms with Crippen LogP contribution >= 0.6 is 11.3 Å². The van der Waals surface area contributed by atoms with E-state index >= 15 is 13.2 Å². The summed E-state index contributed by atoms with van der Waals surface area (Å²) in [5.41, 5.74) is 1.08. The lowest BCUT2D eigenvalue weighted by Gasteiger charge is -2.56. The Labute approximate surface area is 250 Å². The minimum Gasteiger partial charge on any atom is -0.507 e. The summed E-state index contributed by atoms with van der Waals surface area (Å²) in [5, 5.41) is 25.7. The van der Waals surface area contributed by atoms with E-state index in [0.29, 0.717) is 27.1 Å². The zero-order valence-corrected chi connectivity index (χ0v) is 23.5. The van der Waals surface area contributed by atoms with Crippen molar-refractivity contribution in [2.24, 2.45) is 5.92 Å². The summed E-state index contributed by atoms with van der Waals surface area (Å²) in [6, 6.07) is 8.25. The number of hydrazine groups is 1. The van der Waals surface area contributed by atoms with E-state index in [-0.39, 0.29) is 29.8 Å². The summed E-state index contributed by atoms with van der Waals surface area (Å²) < 4.78 is 89.4. The second-order valence-electron chi connectivity index (χ2n) is 11.7. The molecule has 3 aliphatic heterocycles. The van der Waals surface area contributed by atoms with E-state index in [1.165, 1.54) is 44.6 Å². The van der Waals surface area contributed by atoms with Crippen molar-refractivity contribution < 1.29 is 41.4 Å². The molecule has 2 N–H and O–H groups in total. The highest BCUT2D eigenvalue weighted by molar-refractivity contribution is 7.14. The zero-order chi connectivity index (χ0) is 30.9. The standard InChI is InChI=1S/C31H23F6N3O3S/c32-19-6-5-18-23-22-14(12-30(33,34)24(19)23)13-44-28(22)17-4-2-1-3-16(17)25(18)40-21-11-15(31(35,36)37)7-9-38(21)29(43)26-27(42)20(41)8-10-39(26)40/h1-6,8,10,13,15,20-21,25,41-42H,7,9,11-12H2. The fraction of sp³-hybridized carbons (Fsp3) is 0.323. The number of aliphatic hydroxyl groups is 2. The first-order chi connectivity index (χ1) is 20.9. The summed E-state index contributed by atoms with van der Waals surface area (Å²) in [6.45, 7) is -0.292. The van der Waals surface area contributed by atoms with Crippen molar-refractivity contribution in [3.63, 3.8) is 0 Å². The SMILES string of the molecule is O=C1C2=C(O)C(O)C=CN2N(C2c3ccccc3-c3scc4c3-c3c2ccc(F)c3C(F)(F)C4)C2CC(C(F)(F)F)CCN12. The van der Waals surface area contributed by atoms with Crippen LogP contribution < -0.4 is 0 Å². The Balaban J connectivity index is 1.44. The van der Waals surface area contributed by atoms with Gasteiger partial charge in [0.15, 0.2) is 11.5 Å². The molecule has 0 spiro atoms. The van der Waals surface area contributed by atoms with E-state index < -0.39 is 72.2 Å². The number of hydrogen-bond acceptors (Lipinski definition) is 6. The minimum atomic E-state index is -4.56. The maximum atomic E-state index is 15.7. The van der Waals surface area contributed by atoms with Crippen LogP contribution in [0.1, 0.15) is 41.1 Å². The van der Waals surface area contributed by atoms with Gasteiger partial charge in [0, 0.05) is 35.2 Å². The van der Waals surface area contributed by atoms with Crippen molar-refractivity contribution >= 4 is 17.2 Å². The van der Waals surface area contributed by atoms with Crippen LogP contribution in [0.2, 0.25) is 0 Å². The lowest BCUT2D eigenvalue weighted by Crippen LogP contribution is -2.67. The third-order valence-electron chi connectivity index (χ3n) is 9.36. The molecule has 2 fully saturated rings. The first kappa shape index (κ1) is 27.7. The Morgan fingerprint density at radius 1 is 1.05 bits per heavy atom. The van der Waals surface area contributed by atoms with Gasteiger partial charge >= 0.3 is 6.18 Å². The Kier molecular flexibility index (Phi) is 5.74. The van der Waals surface area contributed by atoms with Crippen molar-refractivity contribution in [2.45, 2.75) is 49.7 Å². The van der Waals surface area contributed by atoms with Gasteiger partial charge in [0.2, 0.25) is 0 Å². The van der Waals surface area contributed by atoms with Crippen molar-refractivity contribution in [2.75, 3.05) is 6.54 Å². The summed E-state index contributed by atoms with van der Waals surface area (Å²) in [4.78, 5) is 15.6. The van der Waals surface area contributed by atoms with Gasteiger partial charge in [-0.05, 0) is 52.6 Å². The van der Waals surface area contributed by atoms with Crippen LogP contribution in [0.15, 0.2) is 65.5 Å². The lowest BCUT2D eigenvalue weighted by atomic mass is 9.80. The molecule has 4 heterocycles. The number of piperidine rings is 1. The van der Waals surface area contributed by atoms with E-state index in [1.54, 1.807) is 29.6 Å². The Morgan fingerprint density at radius 3 is 2.59 bits per heavy atom. The first-order valence-electron chi connectivity index (χ1n) is 14.0. The van der Waals surface area contributed by atoms with Crippen LogP contribution in [-0.2, 0) is 17.1 Å². The maximum Gasteiger partial charge on any atom is 0.392 e. The number of thiophene rings is 1. The number of aliphatic hydroxyl groups excluding tert-OH is 2. The number of rotatable bonds is 1. The molecule has 6 nitrogen and oxygen atoms in total. The Bertz CT molecular complexity index is 1820. The van der Waals surface area contributed by atoms with Crippen LogP contribution in [0.4, 0.5) is 26.3 Å². The molecule has 3 aromatic rings. The number of benzene rings is 2. The number of halogens is 6. The molecule has 228 valence electrons. The van der Waals surface area contributed by atoms with Gasteiger partial charge in [0.1, 0.15) is 18.1 Å². The number of alkyl halides is 5. The van der Waals surface area contributed by atoms with Crippen LogP contribution in [-0.4, -0.2) is 56.0 Å². The third-order valence-corrected chi connectivity index (χ3v) is 10.4. The molecule has 1 aromatic heterocycles. The molecule has 2 saturated heterocycles. The molecular formula is C31H23F6N3O3S. The van der Waals surface area contributed by atoms with Crippen LogP contribution in [0.3, 0.4) is 0 Å². The predicted molar refractivity (Wildman–Crippen MR) is 147 cm³/mol. The molecule has 0 saturated carbocycles. The highest BCUT2D eigenvalue weighted by Crippen LogP contribution is 2.59. The van der Waals surface area contributed by atoms with Gasteiger partial charge in [0.05, 0.1) is 17.5 Å². The van der Waals surface area contributed by atoms with E-state index in [2.05, 4.69) is 0 Å². The average molecular weight is 632 g/mol. The lowest BCUT2D eigenvalue weighted by molar-refractivity contribution is -0.219. The maximum absolute atomic E-state index is 15.7. The fourth-order valence-electron chi connectivity index (χ4n) is 7.46. The second kappa shape index (κ2) is 9.11. The van der Waals surface area contributed by atoms with E-state index in [1.807, 2.05) is 0 Å². The monoisotopic (exact) mass is 631 g/mol. The molecule has 4 atom stereocenters. The van der Waals surface area contributed by atoms with E-state index in [9.17, 15) is 28.2 Å². The van der Waals surface area contributed by atoms with Crippen LogP contribution in [0.25, 0.3) is 21.6 Å². The van der Waals surface area contributed by atoms with Gasteiger partial charge in [-0.15, -0.1) is 11.3 Å². The Hall–Kier alpha value is -3.81. The number of nitrogens with zero attached hydrogens (tertiary/aromatic N) is 3. The molecule has 5 aliphatic rings. The number of amides is 1. The van der Waals surface area contributed by atoms with Crippen LogP contribution in [0.5, 0.6) is 0 Å².